The van der Waals surface area contributed by atoms with Crippen LogP contribution in [0.3, 0.4) is 0 Å². The van der Waals surface area contributed by atoms with E-state index in [0.717, 1.165) is 54.3 Å². The number of pyridine rings is 1. The first-order valence-electron chi connectivity index (χ1n) is 10.4. The van der Waals surface area contributed by atoms with Crippen LogP contribution in [0.15, 0.2) is 59.8 Å². The van der Waals surface area contributed by atoms with E-state index in [-0.39, 0.29) is 5.56 Å². The van der Waals surface area contributed by atoms with Gasteiger partial charge in [0.2, 0.25) is 0 Å². The lowest BCUT2D eigenvalue weighted by molar-refractivity contribution is 0.281. The zero-order chi connectivity index (χ0) is 20.2. The zero-order valence-electron chi connectivity index (χ0n) is 16.8. The van der Waals surface area contributed by atoms with Crippen molar-refractivity contribution < 1.29 is 0 Å². The van der Waals surface area contributed by atoms with Crippen molar-refractivity contribution in [1.29, 1.82) is 0 Å². The molecule has 150 valence electrons. The summed E-state index contributed by atoms with van der Waals surface area (Å²) in [7, 11) is 0. The van der Waals surface area contributed by atoms with Crippen molar-refractivity contribution in [1.82, 2.24) is 24.3 Å². The second-order valence-corrected chi connectivity index (χ2v) is 8.43. The van der Waals surface area contributed by atoms with E-state index in [4.69, 9.17) is 0 Å². The van der Waals surface area contributed by atoms with Crippen molar-refractivity contribution in [2.24, 2.45) is 5.92 Å². The summed E-state index contributed by atoms with van der Waals surface area (Å²) in [6.07, 6.45) is 4.63. The van der Waals surface area contributed by atoms with Crippen LogP contribution in [0.1, 0.15) is 23.6 Å². The topological polar surface area (TPSA) is 68.8 Å². The van der Waals surface area contributed by atoms with Gasteiger partial charge in [-0.2, -0.15) is 5.10 Å². The predicted molar refractivity (Wildman–Crippen MR) is 115 cm³/mol. The Labute approximate surface area is 173 Å². The molecule has 7 heteroatoms. The molecule has 0 saturated carbocycles. The number of anilines is 1. The lowest BCUT2D eigenvalue weighted by atomic mass is 9.83. The minimum Gasteiger partial charge on any atom is -0.355 e. The number of hydrogen-bond donors (Lipinski definition) is 0. The van der Waals surface area contributed by atoms with E-state index in [0.29, 0.717) is 11.8 Å². The molecular weight excluding hydrogens is 376 g/mol. The van der Waals surface area contributed by atoms with Gasteiger partial charge >= 0.3 is 0 Å². The Kier molecular flexibility index (Phi) is 3.78. The maximum atomic E-state index is 12.3. The second-order valence-electron chi connectivity index (χ2n) is 8.43. The summed E-state index contributed by atoms with van der Waals surface area (Å²) in [6.45, 7) is 4.59. The molecule has 0 spiro atoms. The molecule has 0 N–H and O–H groups in total. The highest BCUT2D eigenvalue weighted by Crippen LogP contribution is 2.38. The van der Waals surface area contributed by atoms with E-state index < -0.39 is 0 Å². The molecule has 2 aliphatic heterocycles. The summed E-state index contributed by atoms with van der Waals surface area (Å²) in [5, 5.41) is 5.59. The molecule has 7 nitrogen and oxygen atoms in total. The van der Waals surface area contributed by atoms with E-state index in [1.807, 2.05) is 33.6 Å². The predicted octanol–water partition coefficient (Wildman–Crippen LogP) is 2.91. The zero-order valence-corrected chi connectivity index (χ0v) is 16.8. The highest BCUT2D eigenvalue weighted by Gasteiger charge is 2.35. The van der Waals surface area contributed by atoms with Gasteiger partial charge in [0.05, 0.1) is 17.3 Å². The lowest BCUT2D eigenvalue weighted by Crippen LogP contribution is -2.47. The lowest BCUT2D eigenvalue weighted by Gasteiger charge is -2.43. The third-order valence-corrected chi connectivity index (χ3v) is 6.37. The molecule has 0 amide bonds. The molecule has 4 aromatic rings. The largest absolute Gasteiger partial charge is 0.355 e. The first-order chi connectivity index (χ1) is 14.7. The number of aryl methyl sites for hydroxylation is 1. The van der Waals surface area contributed by atoms with Crippen LogP contribution < -0.4 is 10.5 Å². The minimum atomic E-state index is 0.111. The van der Waals surface area contributed by atoms with Gasteiger partial charge in [0.25, 0.3) is 5.56 Å². The van der Waals surface area contributed by atoms with Crippen molar-refractivity contribution in [3.05, 3.63) is 76.6 Å². The number of nitrogens with zero attached hydrogens (tertiary/aromatic N) is 6. The summed E-state index contributed by atoms with van der Waals surface area (Å²) in [4.78, 5) is 23.8. The third-order valence-electron chi connectivity index (χ3n) is 6.37. The molecule has 5 heterocycles. The quantitative estimate of drug-likeness (QED) is 0.519. The van der Waals surface area contributed by atoms with Crippen molar-refractivity contribution in [2.45, 2.75) is 25.8 Å². The summed E-state index contributed by atoms with van der Waals surface area (Å²) in [5.41, 5.74) is 4.25. The highest BCUT2D eigenvalue weighted by atomic mass is 16.1. The van der Waals surface area contributed by atoms with Crippen LogP contribution >= 0.6 is 0 Å². The maximum absolute atomic E-state index is 12.3. The molecule has 0 radical (unpaired) electrons. The van der Waals surface area contributed by atoms with Crippen molar-refractivity contribution in [3.8, 4) is 5.69 Å². The van der Waals surface area contributed by atoms with Gasteiger partial charge in [0, 0.05) is 37.3 Å². The van der Waals surface area contributed by atoms with Gasteiger partial charge in [0.15, 0.2) is 5.65 Å². The third kappa shape index (κ3) is 2.65. The first-order valence-corrected chi connectivity index (χ1v) is 10.4. The summed E-state index contributed by atoms with van der Waals surface area (Å²) in [6, 6.07) is 13.9. The van der Waals surface area contributed by atoms with Gasteiger partial charge in [-0.05, 0) is 43.0 Å². The van der Waals surface area contributed by atoms with Crippen LogP contribution in [-0.2, 0) is 6.54 Å². The number of fused-ring (bicyclic) bond motifs is 5. The molecule has 1 aromatic carbocycles. The van der Waals surface area contributed by atoms with Crippen molar-refractivity contribution >= 4 is 16.9 Å². The first kappa shape index (κ1) is 17.4. The normalized spacial score (nSPS) is 20.4. The fourth-order valence-corrected chi connectivity index (χ4v) is 5.10. The van der Waals surface area contributed by atoms with Crippen LogP contribution in [0.5, 0.6) is 0 Å². The standard InChI is InChI=1S/C23H22N6O/c1-15-4-2-5-18(8-15)29-23-19(10-26-29)22(24-14-25-23)27-11-16-9-17(13-27)20-6-3-7-21(30)28(20)12-16/h2-8,10,14,16-17H,9,11-13H2,1H3/t16-,17-/m1/s1. The van der Waals surface area contributed by atoms with Crippen LogP contribution in [-0.4, -0.2) is 37.4 Å². The Hall–Kier alpha value is -3.48. The van der Waals surface area contributed by atoms with Gasteiger partial charge in [-0.25, -0.2) is 14.6 Å². The summed E-state index contributed by atoms with van der Waals surface area (Å²) >= 11 is 0. The SMILES string of the molecule is Cc1cccc(-n2ncc3c(N4C[C@H]5C[C@H](C4)c4cccc(=O)n4C5)ncnc32)c1. The van der Waals surface area contributed by atoms with E-state index in [2.05, 4.69) is 45.1 Å². The molecule has 0 unspecified atom stereocenters. The molecule has 0 aliphatic carbocycles. The number of rotatable bonds is 2. The van der Waals surface area contributed by atoms with Crippen molar-refractivity contribution in [3.63, 3.8) is 0 Å². The number of benzene rings is 1. The van der Waals surface area contributed by atoms with Crippen LogP contribution in [0, 0.1) is 12.8 Å². The van der Waals surface area contributed by atoms with Gasteiger partial charge in [-0.3, -0.25) is 4.79 Å². The van der Waals surface area contributed by atoms with Gasteiger partial charge in [-0.15, -0.1) is 0 Å². The average molecular weight is 398 g/mol. The summed E-state index contributed by atoms with van der Waals surface area (Å²) < 4.78 is 3.84. The second kappa shape index (κ2) is 6.52. The molecule has 2 bridgehead atoms. The Morgan fingerprint density at radius 2 is 1.93 bits per heavy atom. The Morgan fingerprint density at radius 3 is 2.83 bits per heavy atom. The van der Waals surface area contributed by atoms with Crippen LogP contribution in [0.4, 0.5) is 5.82 Å². The molecule has 6 rings (SSSR count). The Morgan fingerprint density at radius 1 is 1.03 bits per heavy atom. The maximum Gasteiger partial charge on any atom is 0.250 e. The fraction of sp³-hybridized carbons (Fsp3) is 0.304. The summed E-state index contributed by atoms with van der Waals surface area (Å²) in [5.74, 6) is 1.71. The highest BCUT2D eigenvalue weighted by molar-refractivity contribution is 5.87. The van der Waals surface area contributed by atoms with Gasteiger partial charge in [-0.1, -0.05) is 18.2 Å². The average Bonchev–Trinajstić information content (AvgIpc) is 3.19. The van der Waals surface area contributed by atoms with Crippen LogP contribution in [0.2, 0.25) is 0 Å². The number of piperidine rings is 1. The van der Waals surface area contributed by atoms with Gasteiger partial charge in [0.1, 0.15) is 12.1 Å². The monoisotopic (exact) mass is 398 g/mol. The van der Waals surface area contributed by atoms with E-state index in [1.165, 1.54) is 5.56 Å². The Balaban J connectivity index is 1.41. The Bertz CT molecular complexity index is 1320. The molecule has 3 aromatic heterocycles. The molecule has 1 saturated heterocycles. The number of hydrogen-bond acceptors (Lipinski definition) is 5. The number of aromatic nitrogens is 5. The minimum absolute atomic E-state index is 0.111. The molecular formula is C23H22N6O. The van der Waals surface area contributed by atoms with Gasteiger partial charge < -0.3 is 9.47 Å². The van der Waals surface area contributed by atoms with Crippen molar-refractivity contribution in [2.75, 3.05) is 18.0 Å². The van der Waals surface area contributed by atoms with Crippen LogP contribution in [0.25, 0.3) is 16.7 Å². The molecule has 1 fully saturated rings. The molecule has 2 atom stereocenters. The smallest absolute Gasteiger partial charge is 0.250 e. The van der Waals surface area contributed by atoms with E-state index in [1.54, 1.807) is 12.4 Å². The fourth-order valence-electron chi connectivity index (χ4n) is 5.10. The molecule has 30 heavy (non-hydrogen) atoms. The van der Waals surface area contributed by atoms with E-state index >= 15 is 0 Å². The molecule has 2 aliphatic rings. The van der Waals surface area contributed by atoms with E-state index in [9.17, 15) is 4.79 Å².